The lowest BCUT2D eigenvalue weighted by Gasteiger charge is -2.14. The molecule has 0 heterocycles. The second kappa shape index (κ2) is 8.36. The summed E-state index contributed by atoms with van der Waals surface area (Å²) in [7, 11) is 0. The number of ether oxygens (including phenoxy) is 1. The van der Waals surface area contributed by atoms with Gasteiger partial charge in [-0.15, -0.1) is 0 Å². The second-order valence-corrected chi connectivity index (χ2v) is 5.74. The van der Waals surface area contributed by atoms with Crippen molar-refractivity contribution in [1.29, 1.82) is 0 Å². The van der Waals surface area contributed by atoms with E-state index in [-0.39, 0.29) is 17.2 Å². The summed E-state index contributed by atoms with van der Waals surface area (Å²) >= 11 is 5.79. The minimum Gasteiger partial charge on any atom is -0.449 e. The van der Waals surface area contributed by atoms with Crippen molar-refractivity contribution < 1.29 is 14.3 Å². The zero-order valence-corrected chi connectivity index (χ0v) is 14.0. The molecule has 0 aromatic heterocycles. The van der Waals surface area contributed by atoms with Crippen molar-refractivity contribution in [3.8, 4) is 0 Å². The zero-order valence-electron chi connectivity index (χ0n) is 13.3. The number of carbonyl (C=O) groups is 2. The van der Waals surface area contributed by atoms with Crippen LogP contribution in [0.1, 0.15) is 22.8 Å². The van der Waals surface area contributed by atoms with Gasteiger partial charge in [-0.2, -0.15) is 0 Å². The largest absolute Gasteiger partial charge is 0.449 e. The molecule has 0 unspecified atom stereocenters. The third-order valence-electron chi connectivity index (χ3n) is 3.44. The van der Waals surface area contributed by atoms with Gasteiger partial charge in [0.2, 0.25) is 0 Å². The monoisotopic (exact) mass is 346 g/mol. The van der Waals surface area contributed by atoms with E-state index in [4.69, 9.17) is 22.1 Å². The Morgan fingerprint density at radius 3 is 2.58 bits per heavy atom. The summed E-state index contributed by atoms with van der Waals surface area (Å²) < 4.78 is 5.15. The molecule has 0 spiro atoms. The predicted octanol–water partition coefficient (Wildman–Crippen LogP) is 2.83. The van der Waals surface area contributed by atoms with Crippen LogP contribution < -0.4 is 11.1 Å². The number of hydrogen-bond acceptors (Lipinski definition) is 4. The Kier molecular flexibility index (Phi) is 6.21. The van der Waals surface area contributed by atoms with E-state index in [9.17, 15) is 9.59 Å². The van der Waals surface area contributed by atoms with Gasteiger partial charge in [-0.1, -0.05) is 41.9 Å². The minimum atomic E-state index is -0.914. The molecule has 0 radical (unpaired) electrons. The standard InChI is InChI=1S/C18H19ClN2O3/c1-12(17(22)21-10-9-13-5-3-2-4-6-13)24-18(23)15-8-7-14(19)11-16(15)20/h2-8,11-12H,9-10,20H2,1H3,(H,21,22)/t12-/m1/s1. The van der Waals surface area contributed by atoms with Crippen LogP contribution in [0.2, 0.25) is 5.02 Å². The van der Waals surface area contributed by atoms with Gasteiger partial charge >= 0.3 is 5.97 Å². The molecule has 0 aliphatic heterocycles. The molecule has 0 saturated carbocycles. The number of carbonyl (C=O) groups excluding carboxylic acids is 2. The lowest BCUT2D eigenvalue weighted by Crippen LogP contribution is -2.37. The summed E-state index contributed by atoms with van der Waals surface area (Å²) in [5.74, 6) is -1.01. The highest BCUT2D eigenvalue weighted by Crippen LogP contribution is 2.19. The number of halogens is 1. The number of esters is 1. The van der Waals surface area contributed by atoms with Crippen molar-refractivity contribution in [2.24, 2.45) is 0 Å². The number of nitrogen functional groups attached to an aromatic ring is 1. The molecule has 1 amide bonds. The maximum absolute atomic E-state index is 12.1. The Labute approximate surface area is 145 Å². The Morgan fingerprint density at radius 1 is 1.21 bits per heavy atom. The maximum Gasteiger partial charge on any atom is 0.341 e. The van der Waals surface area contributed by atoms with E-state index in [1.165, 1.54) is 19.1 Å². The summed E-state index contributed by atoms with van der Waals surface area (Å²) in [5, 5.41) is 3.17. The Balaban J connectivity index is 1.83. The highest BCUT2D eigenvalue weighted by Gasteiger charge is 2.20. The summed E-state index contributed by atoms with van der Waals surface area (Å²) in [4.78, 5) is 24.1. The van der Waals surface area contributed by atoms with E-state index < -0.39 is 12.1 Å². The highest BCUT2D eigenvalue weighted by molar-refractivity contribution is 6.31. The molecular formula is C18H19ClN2O3. The third-order valence-corrected chi connectivity index (χ3v) is 3.68. The molecule has 6 heteroatoms. The van der Waals surface area contributed by atoms with E-state index in [1.54, 1.807) is 6.07 Å². The van der Waals surface area contributed by atoms with Crippen LogP contribution in [-0.4, -0.2) is 24.5 Å². The average Bonchev–Trinajstić information content (AvgIpc) is 2.55. The van der Waals surface area contributed by atoms with E-state index >= 15 is 0 Å². The first-order valence-electron chi connectivity index (χ1n) is 7.55. The van der Waals surface area contributed by atoms with Gasteiger partial charge in [0.05, 0.1) is 5.56 Å². The SMILES string of the molecule is C[C@@H](OC(=O)c1ccc(Cl)cc1N)C(=O)NCCc1ccccc1. The fourth-order valence-electron chi connectivity index (χ4n) is 2.12. The molecule has 2 aromatic rings. The molecule has 2 rings (SSSR count). The molecule has 0 saturated heterocycles. The molecule has 126 valence electrons. The summed E-state index contributed by atoms with van der Waals surface area (Å²) in [6, 6.07) is 14.3. The van der Waals surface area contributed by atoms with Crippen LogP contribution in [0.4, 0.5) is 5.69 Å². The van der Waals surface area contributed by atoms with Crippen molar-refractivity contribution in [1.82, 2.24) is 5.32 Å². The number of nitrogens with two attached hydrogens (primary N) is 1. The normalized spacial score (nSPS) is 11.6. The molecule has 24 heavy (non-hydrogen) atoms. The Bertz CT molecular complexity index is 719. The van der Waals surface area contributed by atoms with Gasteiger partial charge in [-0.05, 0) is 37.1 Å². The molecule has 1 atom stereocenters. The highest BCUT2D eigenvalue weighted by atomic mass is 35.5. The maximum atomic E-state index is 12.1. The summed E-state index contributed by atoms with van der Waals surface area (Å²) in [6.07, 6.45) is -0.208. The lowest BCUT2D eigenvalue weighted by molar-refractivity contribution is -0.129. The summed E-state index contributed by atoms with van der Waals surface area (Å²) in [5.41, 5.74) is 7.25. The van der Waals surface area contributed by atoms with Gasteiger partial charge in [0, 0.05) is 17.3 Å². The van der Waals surface area contributed by atoms with E-state index in [0.29, 0.717) is 18.0 Å². The first-order valence-corrected chi connectivity index (χ1v) is 7.93. The average molecular weight is 347 g/mol. The van der Waals surface area contributed by atoms with Gasteiger partial charge in [0.1, 0.15) is 0 Å². The quantitative estimate of drug-likeness (QED) is 0.622. The summed E-state index contributed by atoms with van der Waals surface area (Å²) in [6.45, 7) is 1.98. The van der Waals surface area contributed by atoms with Crippen molar-refractivity contribution in [3.63, 3.8) is 0 Å². The lowest BCUT2D eigenvalue weighted by atomic mass is 10.1. The van der Waals surface area contributed by atoms with Crippen molar-refractivity contribution >= 4 is 29.2 Å². The fraction of sp³-hybridized carbons (Fsp3) is 0.222. The van der Waals surface area contributed by atoms with E-state index in [1.807, 2.05) is 30.3 Å². The first-order chi connectivity index (χ1) is 11.5. The van der Waals surface area contributed by atoms with Gasteiger partial charge in [-0.25, -0.2) is 4.79 Å². The van der Waals surface area contributed by atoms with Crippen molar-refractivity contribution in [3.05, 3.63) is 64.7 Å². The number of benzene rings is 2. The number of hydrogen-bond donors (Lipinski definition) is 2. The molecular weight excluding hydrogens is 328 g/mol. The van der Waals surface area contributed by atoms with Crippen LogP contribution in [0, 0.1) is 0 Å². The third kappa shape index (κ3) is 4.99. The predicted molar refractivity (Wildman–Crippen MR) is 93.9 cm³/mol. The van der Waals surface area contributed by atoms with Crippen LogP contribution in [0.25, 0.3) is 0 Å². The second-order valence-electron chi connectivity index (χ2n) is 5.31. The van der Waals surface area contributed by atoms with E-state index in [2.05, 4.69) is 5.32 Å². The van der Waals surface area contributed by atoms with Crippen LogP contribution in [-0.2, 0) is 16.0 Å². The Hall–Kier alpha value is -2.53. The zero-order chi connectivity index (χ0) is 17.5. The van der Waals surface area contributed by atoms with Gasteiger partial charge in [0.15, 0.2) is 6.10 Å². The molecule has 2 aromatic carbocycles. The topological polar surface area (TPSA) is 81.4 Å². The van der Waals surface area contributed by atoms with Crippen LogP contribution in [0.3, 0.4) is 0 Å². The molecule has 0 aliphatic carbocycles. The first kappa shape index (κ1) is 17.8. The van der Waals surface area contributed by atoms with Crippen LogP contribution >= 0.6 is 11.6 Å². The molecule has 0 bridgehead atoms. The van der Waals surface area contributed by atoms with Crippen LogP contribution in [0.5, 0.6) is 0 Å². The van der Waals surface area contributed by atoms with Gasteiger partial charge < -0.3 is 15.8 Å². The molecule has 0 fully saturated rings. The molecule has 0 aliphatic rings. The van der Waals surface area contributed by atoms with Crippen molar-refractivity contribution in [2.45, 2.75) is 19.4 Å². The number of amides is 1. The minimum absolute atomic E-state index is 0.184. The van der Waals surface area contributed by atoms with Gasteiger partial charge in [0.25, 0.3) is 5.91 Å². The van der Waals surface area contributed by atoms with Crippen molar-refractivity contribution in [2.75, 3.05) is 12.3 Å². The fourth-order valence-corrected chi connectivity index (χ4v) is 2.30. The molecule has 3 N–H and O–H groups in total. The smallest absolute Gasteiger partial charge is 0.341 e. The Morgan fingerprint density at radius 2 is 1.92 bits per heavy atom. The number of rotatable bonds is 6. The molecule has 5 nitrogen and oxygen atoms in total. The number of anilines is 1. The van der Waals surface area contributed by atoms with E-state index in [0.717, 1.165) is 5.56 Å². The van der Waals surface area contributed by atoms with Crippen LogP contribution in [0.15, 0.2) is 48.5 Å². The van der Waals surface area contributed by atoms with Gasteiger partial charge in [-0.3, -0.25) is 4.79 Å². The number of nitrogens with one attached hydrogen (secondary N) is 1.